The third-order valence-corrected chi connectivity index (χ3v) is 8.06. The number of piperazine rings is 1. The van der Waals surface area contributed by atoms with E-state index in [2.05, 4.69) is 77.6 Å². The average Bonchev–Trinajstić information content (AvgIpc) is 2.87. The summed E-state index contributed by atoms with van der Waals surface area (Å²) in [5.41, 5.74) is 2.00. The van der Waals surface area contributed by atoms with E-state index in [9.17, 15) is 9.59 Å². The predicted octanol–water partition coefficient (Wildman–Crippen LogP) is 2.31. The molecule has 4 rings (SSSR count). The summed E-state index contributed by atoms with van der Waals surface area (Å²) >= 11 is 0. The summed E-state index contributed by atoms with van der Waals surface area (Å²) in [6.45, 7) is 2.56. The fourth-order valence-electron chi connectivity index (χ4n) is 5.65. The Hall–Kier alpha value is -3.13. The number of benzene rings is 1. The Morgan fingerprint density at radius 3 is 2.31 bits per heavy atom. The quantitative estimate of drug-likeness (QED) is 0.587. The van der Waals surface area contributed by atoms with Crippen LogP contribution in [0.1, 0.15) is 31.2 Å². The van der Waals surface area contributed by atoms with Gasteiger partial charge in [-0.05, 0) is 57.5 Å². The van der Waals surface area contributed by atoms with Crippen molar-refractivity contribution in [1.29, 1.82) is 0 Å². The molecule has 2 fully saturated rings. The molecular weight excluding hydrogens is 440 g/mol. The molecule has 0 atom stereocenters. The molecule has 1 N–H and O–H groups in total. The van der Waals surface area contributed by atoms with Gasteiger partial charge in [0.1, 0.15) is 5.82 Å². The minimum absolute atomic E-state index is 0.0307. The molecule has 8 heteroatoms. The van der Waals surface area contributed by atoms with E-state index in [4.69, 9.17) is 0 Å². The highest BCUT2D eigenvalue weighted by Gasteiger charge is 2.45. The number of carbonyl (C=O) groups is 2. The Balaban J connectivity index is 1.46. The second-order valence-electron chi connectivity index (χ2n) is 10.3. The summed E-state index contributed by atoms with van der Waals surface area (Å²) in [4.78, 5) is 36.6. The van der Waals surface area contributed by atoms with E-state index in [1.165, 1.54) is 5.56 Å². The highest BCUT2D eigenvalue weighted by atomic mass is 16.2. The van der Waals surface area contributed by atoms with Crippen molar-refractivity contribution in [3.8, 4) is 0 Å². The van der Waals surface area contributed by atoms with E-state index in [0.29, 0.717) is 19.6 Å². The van der Waals surface area contributed by atoms with Gasteiger partial charge in [0.05, 0.1) is 24.0 Å². The largest absolute Gasteiger partial charge is 0.371 e. The maximum absolute atomic E-state index is 12.1. The normalized spacial score (nSPS) is 25.0. The second kappa shape index (κ2) is 10.2. The van der Waals surface area contributed by atoms with Crippen LogP contribution >= 0.6 is 0 Å². The van der Waals surface area contributed by atoms with Crippen LogP contribution in [0.4, 0.5) is 11.5 Å². The lowest BCUT2D eigenvalue weighted by molar-refractivity contribution is -0.129. The van der Waals surface area contributed by atoms with Crippen LogP contribution < -0.4 is 15.1 Å². The maximum atomic E-state index is 12.1. The zero-order chi connectivity index (χ0) is 25.1. The Morgan fingerprint density at radius 2 is 1.74 bits per heavy atom. The Labute approximate surface area is 208 Å². The van der Waals surface area contributed by atoms with Crippen LogP contribution in [0.5, 0.6) is 0 Å². The number of anilines is 2. The maximum Gasteiger partial charge on any atom is 0.241 e. The molecule has 8 nitrogen and oxygen atoms in total. The number of aromatic nitrogens is 1. The van der Waals surface area contributed by atoms with Gasteiger partial charge in [0.15, 0.2) is 0 Å². The van der Waals surface area contributed by atoms with E-state index in [0.717, 1.165) is 50.1 Å². The first-order valence-corrected chi connectivity index (χ1v) is 12.4. The molecule has 0 spiro atoms. The van der Waals surface area contributed by atoms with Crippen LogP contribution in [0.25, 0.3) is 0 Å². The number of rotatable bonds is 8. The molecule has 0 bridgehead atoms. The van der Waals surface area contributed by atoms with Gasteiger partial charge in [0.2, 0.25) is 12.3 Å². The van der Waals surface area contributed by atoms with Crippen molar-refractivity contribution in [1.82, 2.24) is 20.1 Å². The fourth-order valence-corrected chi connectivity index (χ4v) is 5.65. The first-order valence-electron chi connectivity index (χ1n) is 12.4. The molecule has 1 saturated heterocycles. The number of likely N-dealkylation sites (N-methyl/N-ethyl adjacent to an activating group) is 2. The zero-order valence-electron chi connectivity index (χ0n) is 21.4. The van der Waals surface area contributed by atoms with Gasteiger partial charge in [0.25, 0.3) is 0 Å². The smallest absolute Gasteiger partial charge is 0.241 e. The van der Waals surface area contributed by atoms with Crippen molar-refractivity contribution in [3.05, 3.63) is 54.2 Å². The lowest BCUT2D eigenvalue weighted by Crippen LogP contribution is -2.58. The van der Waals surface area contributed by atoms with Crippen LogP contribution in [0.3, 0.4) is 0 Å². The summed E-state index contributed by atoms with van der Waals surface area (Å²) in [5.74, 6) is 0.934. The Bertz CT molecular complexity index is 1000. The first kappa shape index (κ1) is 25.0. The first-order chi connectivity index (χ1) is 16.8. The number of hydrogen-bond acceptors (Lipinski definition) is 6. The molecule has 35 heavy (non-hydrogen) atoms. The topological polar surface area (TPSA) is 72.0 Å². The van der Waals surface area contributed by atoms with E-state index in [1.54, 1.807) is 4.90 Å². The van der Waals surface area contributed by atoms with Crippen LogP contribution in [-0.2, 0) is 15.1 Å². The molecule has 0 radical (unpaired) electrons. The molecule has 2 heterocycles. The highest BCUT2D eigenvalue weighted by Crippen LogP contribution is 2.44. The number of pyridine rings is 1. The van der Waals surface area contributed by atoms with Crippen molar-refractivity contribution >= 4 is 23.8 Å². The number of carbonyl (C=O) groups excluding carboxylic acids is 2. The lowest BCUT2D eigenvalue weighted by Gasteiger charge is -2.51. The van der Waals surface area contributed by atoms with Crippen LogP contribution in [0.15, 0.2) is 48.7 Å². The molecule has 2 amide bonds. The van der Waals surface area contributed by atoms with Crippen molar-refractivity contribution in [2.24, 2.45) is 0 Å². The lowest BCUT2D eigenvalue weighted by atomic mass is 9.68. The van der Waals surface area contributed by atoms with E-state index in [-0.39, 0.29) is 17.0 Å². The number of amides is 2. The summed E-state index contributed by atoms with van der Waals surface area (Å²) in [7, 11) is 8.19. The van der Waals surface area contributed by atoms with Gasteiger partial charge in [-0.15, -0.1) is 0 Å². The number of nitrogens with one attached hydrogen (secondary N) is 1. The van der Waals surface area contributed by atoms with Crippen LogP contribution in [0.2, 0.25) is 0 Å². The van der Waals surface area contributed by atoms with Gasteiger partial charge in [-0.2, -0.15) is 0 Å². The average molecular weight is 479 g/mol. The molecule has 2 aromatic rings. The van der Waals surface area contributed by atoms with Crippen LogP contribution in [-0.4, -0.2) is 87.0 Å². The van der Waals surface area contributed by atoms with Gasteiger partial charge in [-0.25, -0.2) is 4.98 Å². The molecular formula is C27H38N6O2. The van der Waals surface area contributed by atoms with Gasteiger partial charge < -0.3 is 20.0 Å². The Morgan fingerprint density at radius 1 is 1.03 bits per heavy atom. The van der Waals surface area contributed by atoms with Crippen LogP contribution in [0, 0.1) is 0 Å². The third-order valence-electron chi connectivity index (χ3n) is 8.06. The van der Waals surface area contributed by atoms with Crippen molar-refractivity contribution in [3.63, 3.8) is 0 Å². The molecule has 188 valence electrons. The monoisotopic (exact) mass is 478 g/mol. The zero-order valence-corrected chi connectivity index (χ0v) is 21.4. The van der Waals surface area contributed by atoms with Crippen molar-refractivity contribution in [2.45, 2.75) is 36.8 Å². The summed E-state index contributed by atoms with van der Waals surface area (Å²) in [6.07, 6.45) is 6.42. The predicted molar refractivity (Wildman–Crippen MR) is 140 cm³/mol. The minimum Gasteiger partial charge on any atom is -0.371 e. The molecule has 1 aliphatic heterocycles. The molecule has 1 aromatic heterocycles. The molecule has 2 aliphatic rings. The summed E-state index contributed by atoms with van der Waals surface area (Å²) < 4.78 is 0. The number of nitrogens with zero attached hydrogens (tertiary/aromatic N) is 5. The highest BCUT2D eigenvalue weighted by molar-refractivity contribution is 5.82. The number of hydrogen-bond donors (Lipinski definition) is 1. The fraction of sp³-hybridized carbons (Fsp3) is 0.519. The van der Waals surface area contributed by atoms with E-state index < -0.39 is 0 Å². The van der Waals surface area contributed by atoms with Crippen molar-refractivity contribution in [2.75, 3.05) is 64.2 Å². The van der Waals surface area contributed by atoms with Crippen molar-refractivity contribution < 1.29 is 9.59 Å². The summed E-state index contributed by atoms with van der Waals surface area (Å²) in [6, 6.07) is 14.7. The SMILES string of the molecule is CN1CCN(c2ccc(N(C)C[C@]3(NC=O)CC[C@@](c4ccccc4)(N(C)C)CC3)cn2)CC1=O. The van der Waals surface area contributed by atoms with Gasteiger partial charge in [0, 0.05) is 39.3 Å². The van der Waals surface area contributed by atoms with E-state index >= 15 is 0 Å². The molecule has 1 aromatic carbocycles. The van der Waals surface area contributed by atoms with E-state index in [1.807, 2.05) is 24.2 Å². The minimum atomic E-state index is -0.298. The van der Waals surface area contributed by atoms with Gasteiger partial charge in [-0.3, -0.25) is 14.5 Å². The molecule has 1 saturated carbocycles. The molecule has 0 unspecified atom stereocenters. The summed E-state index contributed by atoms with van der Waals surface area (Å²) in [5, 5.41) is 3.19. The van der Waals surface area contributed by atoms with Gasteiger partial charge in [-0.1, -0.05) is 30.3 Å². The molecule has 1 aliphatic carbocycles. The third kappa shape index (κ3) is 5.12. The van der Waals surface area contributed by atoms with Gasteiger partial charge >= 0.3 is 0 Å². The Kier molecular flexibility index (Phi) is 7.31. The second-order valence-corrected chi connectivity index (χ2v) is 10.3. The standard InChI is InChI=1S/C27H38N6O2/c1-30(2)27(22-8-6-5-7-9-22)14-12-26(13-15-27,29-21-34)20-32(4)23-10-11-24(28-18-23)33-17-16-31(3)25(35)19-33/h5-11,18,21H,12-17,19-20H2,1-4H3,(H,29,34)/t26-,27+.